The van der Waals surface area contributed by atoms with Crippen molar-refractivity contribution in [1.82, 2.24) is 0 Å². The van der Waals surface area contributed by atoms with E-state index in [0.29, 0.717) is 5.69 Å². The molecule has 0 spiro atoms. The molecule has 0 aliphatic heterocycles. The number of ether oxygens (including phenoxy) is 1. The topological polar surface area (TPSA) is 38.3 Å². The van der Waals surface area contributed by atoms with Crippen LogP contribution in [-0.2, 0) is 4.74 Å². The summed E-state index contributed by atoms with van der Waals surface area (Å²) < 4.78 is 5.11. The van der Waals surface area contributed by atoms with Gasteiger partial charge in [-0.2, -0.15) is 0 Å². The van der Waals surface area contributed by atoms with E-state index in [1.54, 1.807) is 6.07 Å². The van der Waals surface area contributed by atoms with E-state index < -0.39 is 11.7 Å². The molecule has 3 heteroatoms. The van der Waals surface area contributed by atoms with Gasteiger partial charge in [0.2, 0.25) is 0 Å². The summed E-state index contributed by atoms with van der Waals surface area (Å²) in [5.74, 6) is 0. The summed E-state index contributed by atoms with van der Waals surface area (Å²) in [6.45, 7) is 7.42. The predicted octanol–water partition coefficient (Wildman–Crippen LogP) is 3.14. The standard InChI is InChI=1S/C12H16NO2/c1-9-5-7-10(8-6-9)13-11(14)15-12(2,3)4/h5,7-8H,1-4H3,(H,13,14). The van der Waals surface area contributed by atoms with Crippen LogP contribution in [0.3, 0.4) is 0 Å². The largest absolute Gasteiger partial charge is 0.444 e. The molecule has 0 aliphatic rings. The molecule has 0 fully saturated rings. The van der Waals surface area contributed by atoms with Crippen molar-refractivity contribution >= 4 is 11.8 Å². The molecular weight excluding hydrogens is 190 g/mol. The summed E-state index contributed by atoms with van der Waals surface area (Å²) >= 11 is 0. The van der Waals surface area contributed by atoms with Gasteiger partial charge in [0.05, 0.1) is 0 Å². The van der Waals surface area contributed by atoms with Crippen LogP contribution >= 0.6 is 0 Å². The van der Waals surface area contributed by atoms with Crippen LogP contribution in [0.5, 0.6) is 0 Å². The summed E-state index contributed by atoms with van der Waals surface area (Å²) in [4.78, 5) is 11.4. The first-order valence-electron chi connectivity index (χ1n) is 4.85. The van der Waals surface area contributed by atoms with Crippen LogP contribution in [0, 0.1) is 13.0 Å². The van der Waals surface area contributed by atoms with E-state index >= 15 is 0 Å². The van der Waals surface area contributed by atoms with Crippen LogP contribution in [-0.4, -0.2) is 11.7 Å². The fraction of sp³-hybridized carbons (Fsp3) is 0.417. The lowest BCUT2D eigenvalue weighted by molar-refractivity contribution is 0.0636. The first-order chi connectivity index (χ1) is 6.87. The van der Waals surface area contributed by atoms with Crippen LogP contribution in [0.2, 0.25) is 0 Å². The number of benzene rings is 1. The van der Waals surface area contributed by atoms with Gasteiger partial charge < -0.3 is 4.74 Å². The number of carbonyl (C=O) groups excluding carboxylic acids is 1. The van der Waals surface area contributed by atoms with Gasteiger partial charge in [-0.3, -0.25) is 5.32 Å². The second kappa shape index (κ2) is 4.34. The minimum Gasteiger partial charge on any atom is -0.444 e. The third-order valence-corrected chi connectivity index (χ3v) is 1.61. The number of aryl methyl sites for hydroxylation is 1. The van der Waals surface area contributed by atoms with Crippen LogP contribution in [0.15, 0.2) is 18.2 Å². The molecule has 15 heavy (non-hydrogen) atoms. The minimum atomic E-state index is -0.474. The van der Waals surface area contributed by atoms with Gasteiger partial charge in [0.1, 0.15) is 5.60 Å². The third-order valence-electron chi connectivity index (χ3n) is 1.61. The first-order valence-corrected chi connectivity index (χ1v) is 4.85. The van der Waals surface area contributed by atoms with Gasteiger partial charge in [0.15, 0.2) is 0 Å². The molecule has 1 aromatic carbocycles. The molecule has 0 unspecified atom stereocenters. The van der Waals surface area contributed by atoms with Crippen LogP contribution in [0.1, 0.15) is 26.3 Å². The van der Waals surface area contributed by atoms with Crippen molar-refractivity contribution in [1.29, 1.82) is 0 Å². The monoisotopic (exact) mass is 206 g/mol. The van der Waals surface area contributed by atoms with Gasteiger partial charge >= 0.3 is 6.09 Å². The van der Waals surface area contributed by atoms with E-state index in [1.807, 2.05) is 39.8 Å². The molecule has 1 radical (unpaired) electrons. The predicted molar refractivity (Wildman–Crippen MR) is 59.9 cm³/mol. The Morgan fingerprint density at radius 3 is 2.53 bits per heavy atom. The van der Waals surface area contributed by atoms with Crippen molar-refractivity contribution < 1.29 is 9.53 Å². The third kappa shape index (κ3) is 4.49. The highest BCUT2D eigenvalue weighted by Crippen LogP contribution is 2.11. The van der Waals surface area contributed by atoms with E-state index in [4.69, 9.17) is 4.74 Å². The fourth-order valence-electron chi connectivity index (χ4n) is 1.00. The molecule has 1 rings (SSSR count). The Kier molecular flexibility index (Phi) is 3.35. The van der Waals surface area contributed by atoms with E-state index in [0.717, 1.165) is 5.56 Å². The van der Waals surface area contributed by atoms with Crippen molar-refractivity contribution in [3.8, 4) is 0 Å². The summed E-state index contributed by atoms with van der Waals surface area (Å²) in [5.41, 5.74) is 1.25. The molecule has 3 nitrogen and oxygen atoms in total. The Labute approximate surface area is 90.4 Å². The van der Waals surface area contributed by atoms with Crippen molar-refractivity contribution in [2.24, 2.45) is 0 Å². The lowest BCUT2D eigenvalue weighted by atomic mass is 10.2. The van der Waals surface area contributed by atoms with Gasteiger partial charge in [0, 0.05) is 5.69 Å². The molecule has 1 aromatic rings. The Morgan fingerprint density at radius 2 is 2.07 bits per heavy atom. The Hall–Kier alpha value is -1.51. The zero-order chi connectivity index (χ0) is 11.5. The van der Waals surface area contributed by atoms with Crippen molar-refractivity contribution in [2.45, 2.75) is 33.3 Å². The van der Waals surface area contributed by atoms with E-state index in [-0.39, 0.29) is 0 Å². The highest BCUT2D eigenvalue weighted by molar-refractivity contribution is 5.84. The van der Waals surface area contributed by atoms with Crippen molar-refractivity contribution in [3.63, 3.8) is 0 Å². The highest BCUT2D eigenvalue weighted by Gasteiger charge is 2.15. The highest BCUT2D eigenvalue weighted by atomic mass is 16.6. The van der Waals surface area contributed by atoms with Gasteiger partial charge in [0.25, 0.3) is 0 Å². The zero-order valence-corrected chi connectivity index (χ0v) is 9.55. The molecule has 1 amide bonds. The molecule has 0 aromatic heterocycles. The molecule has 0 heterocycles. The van der Waals surface area contributed by atoms with Gasteiger partial charge in [-0.15, -0.1) is 0 Å². The van der Waals surface area contributed by atoms with E-state index in [2.05, 4.69) is 11.4 Å². The zero-order valence-electron chi connectivity index (χ0n) is 9.55. The SMILES string of the molecule is Cc1[c]cc(NC(=O)OC(C)(C)C)cc1. The summed E-state index contributed by atoms with van der Waals surface area (Å²) in [6.07, 6.45) is -0.445. The first kappa shape index (κ1) is 11.6. The van der Waals surface area contributed by atoms with E-state index in [1.165, 1.54) is 0 Å². The van der Waals surface area contributed by atoms with Crippen molar-refractivity contribution in [3.05, 3.63) is 29.8 Å². The normalized spacial score (nSPS) is 10.9. The second-order valence-corrected chi connectivity index (χ2v) is 4.39. The molecule has 0 atom stereocenters. The number of amides is 1. The number of hydrogen-bond donors (Lipinski definition) is 1. The summed E-state index contributed by atoms with van der Waals surface area (Å²) in [5, 5.41) is 2.63. The maximum Gasteiger partial charge on any atom is 0.412 e. The molecule has 0 aliphatic carbocycles. The molecular formula is C12H16NO2. The lowest BCUT2D eigenvalue weighted by Crippen LogP contribution is -2.27. The number of rotatable bonds is 1. The molecule has 0 bridgehead atoms. The molecule has 1 N–H and O–H groups in total. The number of nitrogens with one attached hydrogen (secondary N) is 1. The maximum absolute atomic E-state index is 11.4. The average molecular weight is 206 g/mol. The molecule has 0 saturated carbocycles. The van der Waals surface area contributed by atoms with Crippen molar-refractivity contribution in [2.75, 3.05) is 5.32 Å². The second-order valence-electron chi connectivity index (χ2n) is 4.39. The number of hydrogen-bond acceptors (Lipinski definition) is 2. The summed E-state index contributed by atoms with van der Waals surface area (Å²) in [6, 6.07) is 8.42. The Bertz CT molecular complexity index is 336. The fourth-order valence-corrected chi connectivity index (χ4v) is 1.00. The van der Waals surface area contributed by atoms with Crippen LogP contribution in [0.4, 0.5) is 10.5 Å². The molecule has 81 valence electrons. The van der Waals surface area contributed by atoms with Crippen LogP contribution < -0.4 is 5.32 Å². The average Bonchev–Trinajstić information content (AvgIpc) is 2.05. The van der Waals surface area contributed by atoms with Gasteiger partial charge in [-0.05, 0) is 51.5 Å². The lowest BCUT2D eigenvalue weighted by Gasteiger charge is -2.19. The smallest absolute Gasteiger partial charge is 0.412 e. The van der Waals surface area contributed by atoms with Gasteiger partial charge in [-0.25, -0.2) is 4.79 Å². The quantitative estimate of drug-likeness (QED) is 0.766. The Balaban J connectivity index is 2.55. The Morgan fingerprint density at radius 1 is 1.40 bits per heavy atom. The van der Waals surface area contributed by atoms with Gasteiger partial charge in [-0.1, -0.05) is 6.07 Å². The van der Waals surface area contributed by atoms with Crippen LogP contribution in [0.25, 0.3) is 0 Å². The number of carbonyl (C=O) groups is 1. The maximum atomic E-state index is 11.4. The van der Waals surface area contributed by atoms with E-state index in [9.17, 15) is 4.79 Å². The number of anilines is 1. The molecule has 0 saturated heterocycles. The summed E-state index contributed by atoms with van der Waals surface area (Å²) in [7, 11) is 0. The minimum absolute atomic E-state index is 0.445.